The zero-order valence-corrected chi connectivity index (χ0v) is 6.87. The molecule has 0 radical (unpaired) electrons. The Morgan fingerprint density at radius 3 is 2.83 bits per heavy atom. The van der Waals surface area contributed by atoms with E-state index in [0.717, 1.165) is 0 Å². The molecule has 3 nitrogen and oxygen atoms in total. The van der Waals surface area contributed by atoms with Crippen LogP contribution in [-0.4, -0.2) is 37.1 Å². The molecule has 1 amide bonds. The van der Waals surface area contributed by atoms with Crippen molar-refractivity contribution >= 4 is 5.91 Å². The lowest BCUT2D eigenvalue weighted by molar-refractivity contribution is -0.132. The molecule has 1 heterocycles. The largest absolute Gasteiger partial charge is 0.338 e. The van der Waals surface area contributed by atoms with Crippen LogP contribution in [0.3, 0.4) is 0 Å². The van der Waals surface area contributed by atoms with E-state index < -0.39 is 0 Å². The van der Waals surface area contributed by atoms with Gasteiger partial charge in [-0.15, -0.1) is 0 Å². The van der Waals surface area contributed by atoms with Gasteiger partial charge in [0.25, 0.3) is 0 Å². The van der Waals surface area contributed by atoms with Crippen LogP contribution in [0.4, 0.5) is 4.39 Å². The number of nitrogens with two attached hydrogens (primary N) is 1. The van der Waals surface area contributed by atoms with Crippen LogP contribution in [0.25, 0.3) is 0 Å². The van der Waals surface area contributed by atoms with Crippen molar-refractivity contribution in [1.29, 1.82) is 0 Å². The fourth-order valence-corrected chi connectivity index (χ4v) is 1.12. The van der Waals surface area contributed by atoms with Crippen molar-refractivity contribution in [2.24, 2.45) is 11.7 Å². The maximum atomic E-state index is 12.0. The third kappa shape index (κ3) is 2.04. The summed E-state index contributed by atoms with van der Waals surface area (Å²) in [5.74, 6) is -0.00891. The number of carbonyl (C=O) groups is 1. The maximum absolute atomic E-state index is 12.0. The zero-order valence-electron chi connectivity index (χ0n) is 6.87. The molecule has 0 saturated carbocycles. The van der Waals surface area contributed by atoms with Gasteiger partial charge in [-0.25, -0.2) is 0 Å². The zero-order chi connectivity index (χ0) is 8.97. The van der Waals surface area contributed by atoms with E-state index in [9.17, 15) is 9.18 Å². The first-order chi connectivity index (χ1) is 5.77. The van der Waals surface area contributed by atoms with Crippen LogP contribution in [0.2, 0.25) is 0 Å². The van der Waals surface area contributed by atoms with Crippen LogP contribution in [0.1, 0.15) is 0 Å². The lowest BCUT2D eigenvalue weighted by Crippen LogP contribution is -2.50. The molecule has 0 spiro atoms. The van der Waals surface area contributed by atoms with Crippen molar-refractivity contribution in [3.8, 4) is 0 Å². The van der Waals surface area contributed by atoms with Gasteiger partial charge in [-0.05, 0) is 0 Å². The minimum atomic E-state index is -0.329. The molecule has 0 aromatic heterocycles. The number of hydrogen-bond acceptors (Lipinski definition) is 2. The monoisotopic (exact) mass is 172 g/mol. The molecule has 0 aliphatic carbocycles. The molecule has 0 bridgehead atoms. The fraction of sp³-hybridized carbons (Fsp3) is 0.625. The minimum absolute atomic E-state index is 0.0558. The van der Waals surface area contributed by atoms with Gasteiger partial charge in [-0.1, -0.05) is 6.08 Å². The average Bonchev–Trinajstić information content (AvgIpc) is 1.99. The van der Waals surface area contributed by atoms with Gasteiger partial charge in [0, 0.05) is 31.6 Å². The predicted molar refractivity (Wildman–Crippen MR) is 44.2 cm³/mol. The number of rotatable bonds is 3. The molecule has 1 saturated heterocycles. The molecule has 1 rings (SSSR count). The summed E-state index contributed by atoms with van der Waals surface area (Å²) in [6.45, 7) is 1.13. The highest BCUT2D eigenvalue weighted by Crippen LogP contribution is 2.15. The van der Waals surface area contributed by atoms with E-state index in [2.05, 4.69) is 0 Å². The van der Waals surface area contributed by atoms with Crippen LogP contribution in [-0.2, 0) is 4.79 Å². The number of hydrogen-bond donors (Lipinski definition) is 1. The number of likely N-dealkylation sites (tertiary alicyclic amines) is 1. The summed E-state index contributed by atoms with van der Waals surface area (Å²) < 4.78 is 12.0. The molecule has 1 aliphatic heterocycles. The molecular weight excluding hydrogens is 159 g/mol. The van der Waals surface area contributed by atoms with Crippen molar-refractivity contribution in [1.82, 2.24) is 4.90 Å². The van der Waals surface area contributed by atoms with Crippen molar-refractivity contribution < 1.29 is 9.18 Å². The summed E-state index contributed by atoms with van der Waals surface area (Å²) in [6.07, 6.45) is 3.04. The Balaban J connectivity index is 2.23. The lowest BCUT2D eigenvalue weighted by atomic mass is 10.0. The molecule has 0 unspecified atom stereocenters. The second-order valence-corrected chi connectivity index (χ2v) is 2.90. The summed E-state index contributed by atoms with van der Waals surface area (Å²) >= 11 is 0. The molecule has 68 valence electrons. The van der Waals surface area contributed by atoms with Gasteiger partial charge in [0.1, 0.15) is 0 Å². The smallest absolute Gasteiger partial charge is 0.246 e. The van der Waals surface area contributed by atoms with E-state index in [1.165, 1.54) is 6.08 Å². The van der Waals surface area contributed by atoms with Crippen LogP contribution < -0.4 is 5.73 Å². The molecule has 2 N–H and O–H groups in total. The SMILES string of the molecule is NC/C=C/C(=O)N1CC(CF)C1. The van der Waals surface area contributed by atoms with E-state index in [4.69, 9.17) is 5.73 Å². The standard InChI is InChI=1S/C8H13FN2O/c9-4-7-5-11(6-7)8(12)2-1-3-10/h1-2,7H,3-6,10H2/b2-1+. The van der Waals surface area contributed by atoms with Gasteiger partial charge in [-0.2, -0.15) is 0 Å². The molecular formula is C8H13FN2O. The highest BCUT2D eigenvalue weighted by Gasteiger charge is 2.28. The topological polar surface area (TPSA) is 46.3 Å². The van der Waals surface area contributed by atoms with Gasteiger partial charge in [0.05, 0.1) is 6.67 Å². The van der Waals surface area contributed by atoms with Crippen LogP contribution in [0.5, 0.6) is 0 Å². The number of amides is 1. The van der Waals surface area contributed by atoms with Gasteiger partial charge in [-0.3, -0.25) is 9.18 Å². The quantitative estimate of drug-likeness (QED) is 0.606. The van der Waals surface area contributed by atoms with E-state index in [1.54, 1.807) is 11.0 Å². The first-order valence-electron chi connectivity index (χ1n) is 3.99. The number of nitrogens with zero attached hydrogens (tertiary/aromatic N) is 1. The number of alkyl halides is 1. The third-order valence-electron chi connectivity index (χ3n) is 1.88. The summed E-state index contributed by atoms with van der Waals surface area (Å²) in [5, 5.41) is 0. The summed E-state index contributed by atoms with van der Waals surface area (Å²) in [7, 11) is 0. The highest BCUT2D eigenvalue weighted by atomic mass is 19.1. The van der Waals surface area contributed by atoms with Crippen molar-refractivity contribution in [3.63, 3.8) is 0 Å². The Morgan fingerprint density at radius 2 is 2.33 bits per heavy atom. The lowest BCUT2D eigenvalue weighted by Gasteiger charge is -2.36. The van der Waals surface area contributed by atoms with E-state index >= 15 is 0 Å². The Labute approximate surface area is 71.0 Å². The molecule has 0 atom stereocenters. The normalized spacial score (nSPS) is 18.3. The van der Waals surface area contributed by atoms with Crippen molar-refractivity contribution in [2.45, 2.75) is 0 Å². The first-order valence-corrected chi connectivity index (χ1v) is 3.99. The van der Waals surface area contributed by atoms with Crippen LogP contribution in [0.15, 0.2) is 12.2 Å². The summed E-state index contributed by atoms with van der Waals surface area (Å²) in [4.78, 5) is 12.7. The van der Waals surface area contributed by atoms with Gasteiger partial charge >= 0.3 is 0 Å². The molecule has 1 fully saturated rings. The Hall–Kier alpha value is -0.900. The summed E-state index contributed by atoms with van der Waals surface area (Å²) in [5.41, 5.74) is 5.17. The Bertz CT molecular complexity index is 187. The van der Waals surface area contributed by atoms with Crippen molar-refractivity contribution in [2.75, 3.05) is 26.3 Å². The Morgan fingerprint density at radius 1 is 1.67 bits per heavy atom. The molecule has 4 heteroatoms. The predicted octanol–water partition coefficient (Wildman–Crippen LogP) is -0.0708. The number of carbonyl (C=O) groups excluding carboxylic acids is 1. The van der Waals surface area contributed by atoms with Gasteiger partial charge in [0.15, 0.2) is 0 Å². The van der Waals surface area contributed by atoms with Crippen LogP contribution in [0, 0.1) is 5.92 Å². The second-order valence-electron chi connectivity index (χ2n) is 2.90. The van der Waals surface area contributed by atoms with Crippen molar-refractivity contribution in [3.05, 3.63) is 12.2 Å². The second kappa shape index (κ2) is 4.21. The molecule has 0 aromatic carbocycles. The van der Waals surface area contributed by atoms with Gasteiger partial charge < -0.3 is 10.6 Å². The molecule has 12 heavy (non-hydrogen) atoms. The van der Waals surface area contributed by atoms with E-state index in [0.29, 0.717) is 19.6 Å². The Kier molecular flexibility index (Phi) is 3.22. The minimum Gasteiger partial charge on any atom is -0.338 e. The van der Waals surface area contributed by atoms with E-state index in [-0.39, 0.29) is 18.5 Å². The van der Waals surface area contributed by atoms with E-state index in [1.807, 2.05) is 0 Å². The third-order valence-corrected chi connectivity index (χ3v) is 1.88. The maximum Gasteiger partial charge on any atom is 0.246 e. The summed E-state index contributed by atoms with van der Waals surface area (Å²) in [6, 6.07) is 0. The van der Waals surface area contributed by atoms with Crippen LogP contribution >= 0.6 is 0 Å². The number of halogens is 1. The fourth-order valence-electron chi connectivity index (χ4n) is 1.12. The highest BCUT2D eigenvalue weighted by molar-refractivity contribution is 5.88. The average molecular weight is 172 g/mol. The first kappa shape index (κ1) is 9.19. The molecule has 1 aliphatic rings. The molecule has 0 aromatic rings. The van der Waals surface area contributed by atoms with Gasteiger partial charge in [0.2, 0.25) is 5.91 Å².